The molecule has 1 aromatic rings. The van der Waals surface area contributed by atoms with Crippen molar-refractivity contribution >= 4 is 29.1 Å². The lowest BCUT2D eigenvalue weighted by Gasteiger charge is -2.09. The van der Waals surface area contributed by atoms with Gasteiger partial charge < -0.3 is 10.1 Å². The summed E-state index contributed by atoms with van der Waals surface area (Å²) in [4.78, 5) is 11.7. The molecule has 5 heteroatoms. The van der Waals surface area contributed by atoms with Gasteiger partial charge in [0, 0.05) is 23.2 Å². The summed E-state index contributed by atoms with van der Waals surface area (Å²) in [5.41, 5.74) is 0.659. The molecule has 0 atom stereocenters. The van der Waals surface area contributed by atoms with Crippen LogP contribution in [0.1, 0.15) is 19.4 Å². The van der Waals surface area contributed by atoms with E-state index >= 15 is 0 Å². The predicted molar refractivity (Wildman–Crippen MR) is 78.8 cm³/mol. The van der Waals surface area contributed by atoms with Crippen molar-refractivity contribution in [3.63, 3.8) is 0 Å². The van der Waals surface area contributed by atoms with Crippen molar-refractivity contribution < 1.29 is 9.53 Å². The minimum Gasteiger partial charge on any atom is -0.379 e. The quantitative estimate of drug-likeness (QED) is 0.785. The van der Waals surface area contributed by atoms with Gasteiger partial charge in [-0.1, -0.05) is 43.1 Å². The van der Waals surface area contributed by atoms with Gasteiger partial charge in [0.25, 0.3) is 0 Å². The smallest absolute Gasteiger partial charge is 0.224 e. The third-order valence-electron chi connectivity index (χ3n) is 2.42. The van der Waals surface area contributed by atoms with Crippen molar-refractivity contribution in [3.05, 3.63) is 33.8 Å². The Bertz CT molecular complexity index is 402. The van der Waals surface area contributed by atoms with E-state index in [1.54, 1.807) is 18.2 Å². The standard InChI is InChI=1S/C14H19Cl2NO2/c1-10(2)9-19-7-6-17-14(18)8-11-12(15)4-3-5-13(11)16/h3-5,10H,6-9H2,1-2H3,(H,17,18). The lowest BCUT2D eigenvalue weighted by atomic mass is 10.1. The summed E-state index contributed by atoms with van der Waals surface area (Å²) in [7, 11) is 0. The first-order valence-corrected chi connectivity index (χ1v) is 7.03. The minimum atomic E-state index is -0.108. The number of nitrogens with one attached hydrogen (secondary N) is 1. The fourth-order valence-corrected chi connectivity index (χ4v) is 2.04. The number of benzene rings is 1. The normalized spacial score (nSPS) is 10.8. The van der Waals surface area contributed by atoms with Crippen molar-refractivity contribution in [3.8, 4) is 0 Å². The molecule has 0 radical (unpaired) electrons. The molecule has 0 bridgehead atoms. The fourth-order valence-electron chi connectivity index (χ4n) is 1.51. The molecule has 19 heavy (non-hydrogen) atoms. The molecule has 1 rings (SSSR count). The number of halogens is 2. The van der Waals surface area contributed by atoms with Gasteiger partial charge in [0.15, 0.2) is 0 Å². The predicted octanol–water partition coefficient (Wildman–Crippen LogP) is 3.32. The molecular formula is C14H19Cl2NO2. The average molecular weight is 304 g/mol. The summed E-state index contributed by atoms with van der Waals surface area (Å²) in [6, 6.07) is 5.20. The second kappa shape index (κ2) is 8.41. The summed E-state index contributed by atoms with van der Waals surface area (Å²) in [5, 5.41) is 3.80. The molecule has 0 saturated heterocycles. The highest BCUT2D eigenvalue weighted by molar-refractivity contribution is 6.36. The van der Waals surface area contributed by atoms with Crippen LogP contribution in [0, 0.1) is 5.92 Å². The molecule has 106 valence electrons. The molecule has 0 aliphatic carbocycles. The molecule has 1 N–H and O–H groups in total. The number of rotatable bonds is 7. The van der Waals surface area contributed by atoms with Crippen molar-refractivity contribution in [2.45, 2.75) is 20.3 Å². The van der Waals surface area contributed by atoms with E-state index < -0.39 is 0 Å². The number of hydrogen-bond acceptors (Lipinski definition) is 2. The highest BCUT2D eigenvalue weighted by Gasteiger charge is 2.10. The molecule has 0 aliphatic heterocycles. The minimum absolute atomic E-state index is 0.108. The Morgan fingerprint density at radius 1 is 1.32 bits per heavy atom. The largest absolute Gasteiger partial charge is 0.379 e. The van der Waals surface area contributed by atoms with Crippen molar-refractivity contribution in [1.82, 2.24) is 5.32 Å². The van der Waals surface area contributed by atoms with Gasteiger partial charge in [-0.05, 0) is 23.6 Å². The van der Waals surface area contributed by atoms with Crippen LogP contribution < -0.4 is 5.32 Å². The monoisotopic (exact) mass is 303 g/mol. The topological polar surface area (TPSA) is 38.3 Å². The van der Waals surface area contributed by atoms with Gasteiger partial charge in [0.05, 0.1) is 13.0 Å². The van der Waals surface area contributed by atoms with E-state index in [2.05, 4.69) is 19.2 Å². The molecule has 0 fully saturated rings. The zero-order chi connectivity index (χ0) is 14.3. The molecule has 0 aliphatic rings. The van der Waals surface area contributed by atoms with E-state index in [4.69, 9.17) is 27.9 Å². The number of hydrogen-bond donors (Lipinski definition) is 1. The number of carbonyl (C=O) groups excluding carboxylic acids is 1. The van der Waals surface area contributed by atoms with Gasteiger partial charge in [0.2, 0.25) is 5.91 Å². The molecule has 0 heterocycles. The average Bonchev–Trinajstić information content (AvgIpc) is 2.33. The van der Waals surface area contributed by atoms with Crippen LogP contribution in [0.2, 0.25) is 10.0 Å². The SMILES string of the molecule is CC(C)COCCNC(=O)Cc1c(Cl)cccc1Cl. The van der Waals surface area contributed by atoms with Crippen molar-refractivity contribution in [2.75, 3.05) is 19.8 Å². The highest BCUT2D eigenvalue weighted by Crippen LogP contribution is 2.24. The van der Waals surface area contributed by atoms with Crippen LogP contribution in [0.4, 0.5) is 0 Å². The highest BCUT2D eigenvalue weighted by atomic mass is 35.5. The van der Waals surface area contributed by atoms with Crippen LogP contribution in [0.25, 0.3) is 0 Å². The zero-order valence-corrected chi connectivity index (χ0v) is 12.7. The number of ether oxygens (including phenoxy) is 1. The number of amides is 1. The van der Waals surface area contributed by atoms with E-state index in [-0.39, 0.29) is 12.3 Å². The van der Waals surface area contributed by atoms with Crippen LogP contribution in [-0.2, 0) is 16.0 Å². The third kappa shape index (κ3) is 6.28. The van der Waals surface area contributed by atoms with E-state index in [1.165, 1.54) is 0 Å². The van der Waals surface area contributed by atoms with Crippen molar-refractivity contribution in [2.24, 2.45) is 5.92 Å². The van der Waals surface area contributed by atoms with Crippen LogP contribution in [0.3, 0.4) is 0 Å². The maximum atomic E-state index is 11.7. The van der Waals surface area contributed by atoms with Crippen LogP contribution in [0.5, 0.6) is 0 Å². The van der Waals surface area contributed by atoms with E-state index in [0.717, 1.165) is 0 Å². The molecule has 0 aromatic heterocycles. The van der Waals surface area contributed by atoms with Gasteiger partial charge in [-0.2, -0.15) is 0 Å². The van der Waals surface area contributed by atoms with E-state index in [1.807, 2.05) is 0 Å². The van der Waals surface area contributed by atoms with E-state index in [0.29, 0.717) is 41.3 Å². The summed E-state index contributed by atoms with van der Waals surface area (Å²) in [6.45, 7) is 5.87. The van der Waals surface area contributed by atoms with Crippen LogP contribution >= 0.6 is 23.2 Å². The van der Waals surface area contributed by atoms with Gasteiger partial charge in [-0.3, -0.25) is 4.79 Å². The van der Waals surface area contributed by atoms with Gasteiger partial charge in [-0.15, -0.1) is 0 Å². The van der Waals surface area contributed by atoms with Crippen molar-refractivity contribution in [1.29, 1.82) is 0 Å². The molecule has 1 aromatic carbocycles. The second-order valence-electron chi connectivity index (χ2n) is 4.70. The summed E-state index contributed by atoms with van der Waals surface area (Å²) < 4.78 is 5.38. The van der Waals surface area contributed by atoms with Crippen LogP contribution in [-0.4, -0.2) is 25.7 Å². The Morgan fingerprint density at radius 2 is 1.95 bits per heavy atom. The fraction of sp³-hybridized carbons (Fsp3) is 0.500. The molecule has 0 unspecified atom stereocenters. The summed E-state index contributed by atoms with van der Waals surface area (Å²) in [5.74, 6) is 0.390. The first-order valence-electron chi connectivity index (χ1n) is 6.28. The Morgan fingerprint density at radius 3 is 2.53 bits per heavy atom. The second-order valence-corrected chi connectivity index (χ2v) is 5.51. The Kier molecular flexibility index (Phi) is 7.21. The maximum Gasteiger partial charge on any atom is 0.224 e. The lowest BCUT2D eigenvalue weighted by molar-refractivity contribution is -0.120. The van der Waals surface area contributed by atoms with E-state index in [9.17, 15) is 4.79 Å². The summed E-state index contributed by atoms with van der Waals surface area (Å²) >= 11 is 12.0. The first kappa shape index (κ1) is 16.3. The van der Waals surface area contributed by atoms with Gasteiger partial charge >= 0.3 is 0 Å². The first-order chi connectivity index (χ1) is 9.00. The van der Waals surface area contributed by atoms with Crippen LogP contribution in [0.15, 0.2) is 18.2 Å². The third-order valence-corrected chi connectivity index (χ3v) is 3.13. The molecule has 0 spiro atoms. The lowest BCUT2D eigenvalue weighted by Crippen LogP contribution is -2.29. The molecule has 0 saturated carbocycles. The Hall–Kier alpha value is -0.770. The molecular weight excluding hydrogens is 285 g/mol. The number of carbonyl (C=O) groups is 1. The molecule has 1 amide bonds. The van der Waals surface area contributed by atoms with Gasteiger partial charge in [-0.25, -0.2) is 0 Å². The summed E-state index contributed by atoms with van der Waals surface area (Å²) in [6.07, 6.45) is 0.183. The maximum absolute atomic E-state index is 11.7. The molecule has 3 nitrogen and oxygen atoms in total. The van der Waals surface area contributed by atoms with Gasteiger partial charge in [0.1, 0.15) is 0 Å². The Labute approximate surface area is 124 Å². The zero-order valence-electron chi connectivity index (χ0n) is 11.2. The Balaban J connectivity index is 2.32.